The van der Waals surface area contributed by atoms with Crippen LogP contribution in [-0.2, 0) is 0 Å². The van der Waals surface area contributed by atoms with Gasteiger partial charge in [0.05, 0.1) is 0 Å². The van der Waals surface area contributed by atoms with Gasteiger partial charge in [0.15, 0.2) is 17.5 Å². The molecule has 0 saturated heterocycles. The predicted octanol–water partition coefficient (Wildman–Crippen LogP) is 7.76. The minimum absolute atomic E-state index is 0.182. The van der Waals surface area contributed by atoms with Crippen molar-refractivity contribution in [2.75, 3.05) is 0 Å². The first-order chi connectivity index (χ1) is 12.6. The fraction of sp³-hybridized carbons (Fsp3) is 0.739. The molecule has 0 spiro atoms. The maximum atomic E-state index is 13.5. The van der Waals surface area contributed by atoms with Crippen molar-refractivity contribution in [1.29, 1.82) is 0 Å². The summed E-state index contributed by atoms with van der Waals surface area (Å²) in [6.07, 6.45) is 15.2. The Morgan fingerprint density at radius 1 is 0.769 bits per heavy atom. The molecule has 146 valence electrons. The molecule has 0 heterocycles. The summed E-state index contributed by atoms with van der Waals surface area (Å²) in [5.41, 5.74) is 0.638. The van der Waals surface area contributed by atoms with E-state index in [0.717, 1.165) is 43.4 Å². The maximum Gasteiger partial charge on any atom is 0.194 e. The molecule has 0 unspecified atom stereocenters. The number of rotatable bonds is 6. The molecule has 3 rings (SSSR count). The molecular weight excluding hydrogens is 333 g/mol. The molecule has 2 saturated carbocycles. The molecular formula is C23H33F3. The summed E-state index contributed by atoms with van der Waals surface area (Å²) in [5, 5.41) is 0. The Kier molecular flexibility index (Phi) is 7.05. The summed E-state index contributed by atoms with van der Waals surface area (Å²) in [4.78, 5) is 0. The van der Waals surface area contributed by atoms with Crippen LogP contribution >= 0.6 is 0 Å². The van der Waals surface area contributed by atoms with Crippen molar-refractivity contribution in [2.24, 2.45) is 17.8 Å². The molecule has 0 bridgehead atoms. The minimum atomic E-state index is -1.35. The highest BCUT2D eigenvalue weighted by atomic mass is 19.2. The van der Waals surface area contributed by atoms with Crippen molar-refractivity contribution in [1.82, 2.24) is 0 Å². The largest absolute Gasteiger partial charge is 0.204 e. The molecule has 0 radical (unpaired) electrons. The van der Waals surface area contributed by atoms with E-state index in [9.17, 15) is 13.2 Å². The molecule has 0 aliphatic heterocycles. The quantitative estimate of drug-likeness (QED) is 0.356. The van der Waals surface area contributed by atoms with E-state index in [1.165, 1.54) is 63.5 Å². The van der Waals surface area contributed by atoms with Crippen molar-refractivity contribution in [3.05, 3.63) is 35.1 Å². The number of hydrogen-bond donors (Lipinski definition) is 0. The van der Waals surface area contributed by atoms with Crippen molar-refractivity contribution in [2.45, 2.75) is 89.9 Å². The lowest BCUT2D eigenvalue weighted by Gasteiger charge is -2.38. The van der Waals surface area contributed by atoms with Crippen LogP contribution in [0.3, 0.4) is 0 Å². The monoisotopic (exact) mass is 366 g/mol. The highest BCUT2D eigenvalue weighted by molar-refractivity contribution is 5.23. The van der Waals surface area contributed by atoms with Crippen LogP contribution in [0.5, 0.6) is 0 Å². The van der Waals surface area contributed by atoms with E-state index in [2.05, 4.69) is 6.92 Å². The Morgan fingerprint density at radius 3 is 1.85 bits per heavy atom. The Hall–Kier alpha value is -0.990. The van der Waals surface area contributed by atoms with E-state index < -0.39 is 17.5 Å². The van der Waals surface area contributed by atoms with E-state index in [1.54, 1.807) is 0 Å². The molecule has 0 amide bonds. The van der Waals surface area contributed by atoms with E-state index in [1.807, 2.05) is 0 Å². The zero-order valence-corrected chi connectivity index (χ0v) is 16.1. The van der Waals surface area contributed by atoms with Crippen LogP contribution in [0.25, 0.3) is 0 Å². The summed E-state index contributed by atoms with van der Waals surface area (Å²) in [6.45, 7) is 2.27. The molecule has 2 aliphatic carbocycles. The van der Waals surface area contributed by atoms with Gasteiger partial charge in [-0.25, -0.2) is 13.2 Å². The normalized spacial score (nSPS) is 29.7. The first-order valence-electron chi connectivity index (χ1n) is 10.7. The standard InChI is InChI=1S/C23H33F3/c1-2-3-4-5-16-6-8-17(9-7-16)18-10-12-19(13-11-18)20-14-21(24)23(26)22(25)15-20/h14-19H,2-13H2,1H3/t16?,17?,18-,19-. The molecule has 26 heavy (non-hydrogen) atoms. The van der Waals surface area contributed by atoms with E-state index in [-0.39, 0.29) is 5.92 Å². The second kappa shape index (κ2) is 9.28. The number of hydrogen-bond acceptors (Lipinski definition) is 0. The highest BCUT2D eigenvalue weighted by Gasteiger charge is 2.31. The van der Waals surface area contributed by atoms with Crippen LogP contribution < -0.4 is 0 Å². The summed E-state index contributed by atoms with van der Waals surface area (Å²) < 4.78 is 40.2. The van der Waals surface area contributed by atoms with Gasteiger partial charge in [-0.2, -0.15) is 0 Å². The average Bonchev–Trinajstić information content (AvgIpc) is 2.67. The predicted molar refractivity (Wildman–Crippen MR) is 101 cm³/mol. The van der Waals surface area contributed by atoms with Crippen LogP contribution in [0, 0.1) is 35.2 Å². The minimum Gasteiger partial charge on any atom is -0.204 e. The molecule has 3 heteroatoms. The molecule has 2 aliphatic rings. The smallest absolute Gasteiger partial charge is 0.194 e. The molecule has 0 N–H and O–H groups in total. The third kappa shape index (κ3) is 4.84. The molecule has 1 aromatic carbocycles. The molecule has 1 aromatic rings. The average molecular weight is 367 g/mol. The van der Waals surface area contributed by atoms with E-state index in [4.69, 9.17) is 0 Å². The summed E-state index contributed by atoms with van der Waals surface area (Å²) in [6, 6.07) is 2.40. The lowest BCUT2D eigenvalue weighted by molar-refractivity contribution is 0.155. The summed E-state index contributed by atoms with van der Waals surface area (Å²) in [5.74, 6) is -0.705. The Bertz CT molecular complexity index is 544. The van der Waals surface area contributed by atoms with Crippen molar-refractivity contribution in [3.63, 3.8) is 0 Å². The molecule has 0 aromatic heterocycles. The van der Waals surface area contributed by atoms with Gasteiger partial charge in [-0.15, -0.1) is 0 Å². The van der Waals surface area contributed by atoms with Crippen LogP contribution in [0.1, 0.15) is 95.5 Å². The van der Waals surface area contributed by atoms with Gasteiger partial charge in [0.1, 0.15) is 0 Å². The van der Waals surface area contributed by atoms with Crippen molar-refractivity contribution in [3.8, 4) is 0 Å². The van der Waals surface area contributed by atoms with Gasteiger partial charge in [-0.05, 0) is 79.9 Å². The third-order valence-electron chi connectivity index (χ3n) is 7.02. The Morgan fingerprint density at radius 2 is 1.31 bits per heavy atom. The second-order valence-electron chi connectivity index (χ2n) is 8.69. The third-order valence-corrected chi connectivity index (χ3v) is 7.02. The summed E-state index contributed by atoms with van der Waals surface area (Å²) >= 11 is 0. The SMILES string of the molecule is CCCCCC1CCC([C@H]2CC[C@H](c3cc(F)c(F)c(F)c3)CC2)CC1. The van der Waals surface area contributed by atoms with Gasteiger partial charge in [0, 0.05) is 0 Å². The fourth-order valence-corrected chi connectivity index (χ4v) is 5.37. The fourth-order valence-electron chi connectivity index (χ4n) is 5.37. The van der Waals surface area contributed by atoms with Crippen LogP contribution in [0.4, 0.5) is 13.2 Å². The topological polar surface area (TPSA) is 0 Å². The lowest BCUT2D eigenvalue weighted by Crippen LogP contribution is -2.25. The van der Waals surface area contributed by atoms with Gasteiger partial charge >= 0.3 is 0 Å². The zero-order chi connectivity index (χ0) is 18.5. The van der Waals surface area contributed by atoms with E-state index in [0.29, 0.717) is 5.56 Å². The zero-order valence-electron chi connectivity index (χ0n) is 16.1. The van der Waals surface area contributed by atoms with Crippen molar-refractivity contribution < 1.29 is 13.2 Å². The molecule has 2 fully saturated rings. The van der Waals surface area contributed by atoms with Crippen LogP contribution in [0.15, 0.2) is 12.1 Å². The van der Waals surface area contributed by atoms with Gasteiger partial charge in [-0.3, -0.25) is 0 Å². The lowest BCUT2D eigenvalue weighted by atomic mass is 9.68. The van der Waals surface area contributed by atoms with Gasteiger partial charge in [0.25, 0.3) is 0 Å². The number of unbranched alkanes of at least 4 members (excludes halogenated alkanes) is 2. The Balaban J connectivity index is 1.46. The Labute approximate surface area is 156 Å². The molecule has 0 atom stereocenters. The van der Waals surface area contributed by atoms with E-state index >= 15 is 0 Å². The first kappa shape index (κ1) is 19.8. The van der Waals surface area contributed by atoms with Crippen molar-refractivity contribution >= 4 is 0 Å². The van der Waals surface area contributed by atoms with Crippen LogP contribution in [-0.4, -0.2) is 0 Å². The maximum absolute atomic E-state index is 13.5. The van der Waals surface area contributed by atoms with Gasteiger partial charge < -0.3 is 0 Å². The number of benzene rings is 1. The van der Waals surface area contributed by atoms with Gasteiger partial charge in [0.2, 0.25) is 0 Å². The molecule has 0 nitrogen and oxygen atoms in total. The number of halogens is 3. The van der Waals surface area contributed by atoms with Crippen LogP contribution in [0.2, 0.25) is 0 Å². The summed E-state index contributed by atoms with van der Waals surface area (Å²) in [7, 11) is 0. The second-order valence-corrected chi connectivity index (χ2v) is 8.69. The van der Waals surface area contributed by atoms with Gasteiger partial charge in [-0.1, -0.05) is 45.4 Å². The first-order valence-corrected chi connectivity index (χ1v) is 10.7. The highest BCUT2D eigenvalue weighted by Crippen LogP contribution is 2.44.